The summed E-state index contributed by atoms with van der Waals surface area (Å²) in [5.74, 6) is 1.67. The van der Waals surface area contributed by atoms with E-state index in [1.165, 1.54) is 31.2 Å². The van der Waals surface area contributed by atoms with Crippen LogP contribution in [0.2, 0.25) is 0 Å². The van der Waals surface area contributed by atoms with Gasteiger partial charge < -0.3 is 15.4 Å². The van der Waals surface area contributed by atoms with Crippen molar-refractivity contribution in [1.82, 2.24) is 20.4 Å². The van der Waals surface area contributed by atoms with E-state index in [1.807, 2.05) is 6.07 Å². The summed E-state index contributed by atoms with van der Waals surface area (Å²) in [5.41, 5.74) is 3.30. The predicted octanol–water partition coefficient (Wildman–Crippen LogP) is 4.19. The van der Waals surface area contributed by atoms with Gasteiger partial charge in [-0.15, -0.1) is 24.0 Å². The quantitative estimate of drug-likeness (QED) is 0.342. The zero-order valence-electron chi connectivity index (χ0n) is 17.1. The van der Waals surface area contributed by atoms with Crippen molar-refractivity contribution >= 4 is 29.9 Å². The van der Waals surface area contributed by atoms with Crippen molar-refractivity contribution in [2.75, 3.05) is 13.7 Å². The number of ether oxygens (including phenoxy) is 1. The third-order valence-corrected chi connectivity index (χ3v) is 4.99. The molecule has 1 fully saturated rings. The van der Waals surface area contributed by atoms with Crippen molar-refractivity contribution in [3.05, 3.63) is 47.3 Å². The zero-order valence-corrected chi connectivity index (χ0v) is 19.4. The number of halogens is 1. The first-order chi connectivity index (χ1) is 13.2. The van der Waals surface area contributed by atoms with Crippen LogP contribution in [-0.2, 0) is 13.1 Å². The number of rotatable bonds is 7. The van der Waals surface area contributed by atoms with Gasteiger partial charge in [0.25, 0.3) is 0 Å². The number of hydrogen-bond acceptors (Lipinski definition) is 3. The molecule has 0 aliphatic heterocycles. The van der Waals surface area contributed by atoms with Crippen LogP contribution in [0, 0.1) is 6.92 Å². The Balaban J connectivity index is 0.00000280. The fraction of sp³-hybridized carbons (Fsp3) is 0.524. The summed E-state index contributed by atoms with van der Waals surface area (Å²) in [5, 5.41) is 11.4. The summed E-state index contributed by atoms with van der Waals surface area (Å²) in [6.07, 6.45) is 7.23. The highest BCUT2D eigenvalue weighted by Crippen LogP contribution is 2.28. The van der Waals surface area contributed by atoms with E-state index in [2.05, 4.69) is 53.6 Å². The molecule has 1 aromatic carbocycles. The lowest BCUT2D eigenvalue weighted by molar-refractivity contribution is 0.409. The fourth-order valence-corrected chi connectivity index (χ4v) is 3.51. The summed E-state index contributed by atoms with van der Waals surface area (Å²) < 4.78 is 7.61. The highest BCUT2D eigenvalue weighted by molar-refractivity contribution is 14.0. The van der Waals surface area contributed by atoms with Gasteiger partial charge >= 0.3 is 0 Å². The summed E-state index contributed by atoms with van der Waals surface area (Å²) in [4.78, 5) is 4.70. The van der Waals surface area contributed by atoms with E-state index in [4.69, 9.17) is 14.8 Å². The van der Waals surface area contributed by atoms with Gasteiger partial charge in [0, 0.05) is 18.3 Å². The van der Waals surface area contributed by atoms with Crippen LogP contribution in [0.25, 0.3) is 0 Å². The summed E-state index contributed by atoms with van der Waals surface area (Å²) in [6.45, 7) is 6.17. The van der Waals surface area contributed by atoms with Gasteiger partial charge in [-0.2, -0.15) is 5.10 Å². The number of benzene rings is 1. The minimum Gasteiger partial charge on any atom is -0.496 e. The minimum atomic E-state index is 0. The molecule has 28 heavy (non-hydrogen) atoms. The highest BCUT2D eigenvalue weighted by Gasteiger charge is 2.17. The van der Waals surface area contributed by atoms with Gasteiger partial charge in [0.15, 0.2) is 5.96 Å². The summed E-state index contributed by atoms with van der Waals surface area (Å²) in [6, 6.07) is 8.88. The van der Waals surface area contributed by atoms with Gasteiger partial charge in [-0.05, 0) is 44.4 Å². The number of guanidine groups is 1. The maximum atomic E-state index is 5.48. The first kappa shape index (κ1) is 22.5. The highest BCUT2D eigenvalue weighted by atomic mass is 127. The van der Waals surface area contributed by atoms with Crippen molar-refractivity contribution in [2.45, 2.75) is 58.7 Å². The van der Waals surface area contributed by atoms with Crippen LogP contribution in [0.5, 0.6) is 5.75 Å². The molecule has 1 aliphatic carbocycles. The molecular formula is C21H32IN5O. The molecule has 1 aliphatic rings. The molecule has 2 N–H and O–H groups in total. The molecule has 1 heterocycles. The van der Waals surface area contributed by atoms with Gasteiger partial charge in [0.05, 0.1) is 31.9 Å². The average molecular weight is 497 g/mol. The van der Waals surface area contributed by atoms with E-state index in [0.29, 0.717) is 19.1 Å². The largest absolute Gasteiger partial charge is 0.496 e. The maximum Gasteiger partial charge on any atom is 0.191 e. The number of aryl methyl sites for hydroxylation is 1. The standard InChI is InChI=1S/C21H31N5O.HI/c1-4-22-21(23-14-17-10-9-16(2)13-20(17)27-3)24-15-18-11-12-26(25-18)19-7-5-6-8-19;/h9-13,19H,4-8,14-15H2,1-3H3,(H2,22,23,24);1H. The Morgan fingerprint density at radius 2 is 2.04 bits per heavy atom. The molecule has 0 atom stereocenters. The van der Waals surface area contributed by atoms with Crippen LogP contribution in [0.1, 0.15) is 55.5 Å². The Morgan fingerprint density at radius 1 is 1.25 bits per heavy atom. The van der Waals surface area contributed by atoms with Crippen LogP contribution in [0.4, 0.5) is 0 Å². The Morgan fingerprint density at radius 3 is 2.75 bits per heavy atom. The molecule has 6 nitrogen and oxygen atoms in total. The van der Waals surface area contributed by atoms with Gasteiger partial charge in [-0.25, -0.2) is 4.99 Å². The van der Waals surface area contributed by atoms with Crippen LogP contribution in [0.3, 0.4) is 0 Å². The summed E-state index contributed by atoms with van der Waals surface area (Å²) >= 11 is 0. The van der Waals surface area contributed by atoms with Crippen LogP contribution >= 0.6 is 24.0 Å². The molecule has 3 rings (SSSR count). The predicted molar refractivity (Wildman–Crippen MR) is 125 cm³/mol. The Labute approximate surface area is 185 Å². The topological polar surface area (TPSA) is 63.5 Å². The van der Waals surface area contributed by atoms with Crippen molar-refractivity contribution < 1.29 is 4.74 Å². The molecule has 1 aromatic heterocycles. The first-order valence-electron chi connectivity index (χ1n) is 9.89. The molecule has 1 saturated carbocycles. The third kappa shape index (κ3) is 6.12. The Bertz CT molecular complexity index is 768. The van der Waals surface area contributed by atoms with E-state index in [9.17, 15) is 0 Å². The summed E-state index contributed by atoms with van der Waals surface area (Å²) in [7, 11) is 1.70. The van der Waals surface area contributed by atoms with Gasteiger partial charge in [0.2, 0.25) is 0 Å². The molecule has 0 bridgehead atoms. The molecule has 7 heteroatoms. The van der Waals surface area contributed by atoms with E-state index in [-0.39, 0.29) is 24.0 Å². The normalized spacial score (nSPS) is 14.6. The van der Waals surface area contributed by atoms with Crippen molar-refractivity contribution in [3.63, 3.8) is 0 Å². The van der Waals surface area contributed by atoms with Crippen molar-refractivity contribution in [3.8, 4) is 5.75 Å². The molecule has 0 saturated heterocycles. The molecule has 0 radical (unpaired) electrons. The lowest BCUT2D eigenvalue weighted by atomic mass is 10.1. The lowest BCUT2D eigenvalue weighted by Crippen LogP contribution is -2.37. The van der Waals surface area contributed by atoms with Crippen LogP contribution < -0.4 is 15.4 Å². The number of aliphatic imine (C=N–C) groups is 1. The molecular weight excluding hydrogens is 465 g/mol. The molecule has 2 aromatic rings. The number of nitrogens with zero attached hydrogens (tertiary/aromatic N) is 3. The third-order valence-electron chi connectivity index (χ3n) is 4.99. The zero-order chi connectivity index (χ0) is 19.1. The average Bonchev–Trinajstić information content (AvgIpc) is 3.36. The van der Waals surface area contributed by atoms with Crippen molar-refractivity contribution in [2.24, 2.45) is 4.99 Å². The van der Waals surface area contributed by atoms with E-state index >= 15 is 0 Å². The van der Waals surface area contributed by atoms with Crippen LogP contribution in [0.15, 0.2) is 35.5 Å². The lowest BCUT2D eigenvalue weighted by Gasteiger charge is -2.12. The number of aromatic nitrogens is 2. The number of methoxy groups -OCH3 is 1. The van der Waals surface area contributed by atoms with Gasteiger partial charge in [0.1, 0.15) is 5.75 Å². The molecule has 154 valence electrons. The smallest absolute Gasteiger partial charge is 0.191 e. The maximum absolute atomic E-state index is 5.48. The molecule has 0 unspecified atom stereocenters. The van der Waals surface area contributed by atoms with E-state index in [0.717, 1.165) is 29.5 Å². The second-order valence-electron chi connectivity index (χ2n) is 7.09. The molecule has 0 amide bonds. The Hall–Kier alpha value is -1.77. The van der Waals surface area contributed by atoms with E-state index in [1.54, 1.807) is 7.11 Å². The number of nitrogens with one attached hydrogen (secondary N) is 2. The van der Waals surface area contributed by atoms with Gasteiger partial charge in [-0.1, -0.05) is 25.0 Å². The first-order valence-corrected chi connectivity index (χ1v) is 9.89. The second-order valence-corrected chi connectivity index (χ2v) is 7.09. The van der Waals surface area contributed by atoms with Gasteiger partial charge in [-0.3, -0.25) is 4.68 Å². The SMILES string of the molecule is CCNC(=NCc1ccc(C)cc1OC)NCc1ccn(C2CCCC2)n1.I. The fourth-order valence-electron chi connectivity index (χ4n) is 3.51. The van der Waals surface area contributed by atoms with Crippen LogP contribution in [-0.4, -0.2) is 29.4 Å². The number of hydrogen-bond donors (Lipinski definition) is 2. The van der Waals surface area contributed by atoms with E-state index < -0.39 is 0 Å². The molecule has 0 spiro atoms. The minimum absolute atomic E-state index is 0. The Kier molecular flexibility index (Phi) is 9.08. The monoisotopic (exact) mass is 497 g/mol. The van der Waals surface area contributed by atoms with Crippen molar-refractivity contribution in [1.29, 1.82) is 0 Å². The second kappa shape index (κ2) is 11.3.